The fourth-order valence-electron chi connectivity index (χ4n) is 3.21. The van der Waals surface area contributed by atoms with Gasteiger partial charge in [-0.15, -0.1) is 10.2 Å². The summed E-state index contributed by atoms with van der Waals surface area (Å²) in [6.45, 7) is 1.92. The van der Waals surface area contributed by atoms with Crippen LogP contribution in [0.4, 0.5) is 0 Å². The maximum Gasteiger partial charge on any atom is 0.230 e. The SMILES string of the molecule is COc1cccc(OC(C)c2nnc(SCC(=O)NC3CCCC3)n2C)c1. The van der Waals surface area contributed by atoms with Crippen molar-refractivity contribution >= 4 is 17.7 Å². The lowest BCUT2D eigenvalue weighted by Gasteiger charge is -2.15. The van der Waals surface area contributed by atoms with Crippen LogP contribution < -0.4 is 14.8 Å². The predicted molar refractivity (Wildman–Crippen MR) is 104 cm³/mol. The molecule has 1 N–H and O–H groups in total. The van der Waals surface area contributed by atoms with Crippen molar-refractivity contribution in [2.75, 3.05) is 12.9 Å². The molecule has 0 saturated heterocycles. The third kappa shape index (κ3) is 5.15. The summed E-state index contributed by atoms with van der Waals surface area (Å²) in [7, 11) is 3.51. The first-order valence-electron chi connectivity index (χ1n) is 9.19. The van der Waals surface area contributed by atoms with E-state index in [1.54, 1.807) is 7.11 Å². The molecule has 0 radical (unpaired) electrons. The molecule has 2 aromatic rings. The summed E-state index contributed by atoms with van der Waals surface area (Å²) >= 11 is 1.39. The second-order valence-corrected chi connectivity index (χ2v) is 7.62. The van der Waals surface area contributed by atoms with E-state index in [0.717, 1.165) is 18.6 Å². The van der Waals surface area contributed by atoms with Gasteiger partial charge in [0.05, 0.1) is 12.9 Å². The number of amides is 1. The van der Waals surface area contributed by atoms with Gasteiger partial charge in [0.1, 0.15) is 11.5 Å². The van der Waals surface area contributed by atoms with Gasteiger partial charge in [0.25, 0.3) is 0 Å². The number of ether oxygens (including phenoxy) is 2. The molecule has 1 atom stereocenters. The quantitative estimate of drug-likeness (QED) is 0.698. The molecule has 7 nitrogen and oxygen atoms in total. The van der Waals surface area contributed by atoms with Gasteiger partial charge < -0.3 is 19.4 Å². The topological polar surface area (TPSA) is 78.3 Å². The molecular formula is C19H26N4O3S. The van der Waals surface area contributed by atoms with Crippen LogP contribution in [0.15, 0.2) is 29.4 Å². The van der Waals surface area contributed by atoms with Gasteiger partial charge in [-0.1, -0.05) is 30.7 Å². The van der Waals surface area contributed by atoms with Crippen molar-refractivity contribution < 1.29 is 14.3 Å². The summed E-state index contributed by atoms with van der Waals surface area (Å²) in [5.74, 6) is 2.54. The molecule has 1 aliphatic carbocycles. The van der Waals surface area contributed by atoms with Gasteiger partial charge in [-0.2, -0.15) is 0 Å². The Kier molecular flexibility index (Phi) is 6.60. The number of carbonyl (C=O) groups excluding carboxylic acids is 1. The fraction of sp³-hybridized carbons (Fsp3) is 0.526. The van der Waals surface area contributed by atoms with E-state index in [1.165, 1.54) is 24.6 Å². The molecule has 1 aromatic heterocycles. The number of carbonyl (C=O) groups is 1. The van der Waals surface area contributed by atoms with Crippen molar-refractivity contribution in [1.29, 1.82) is 0 Å². The first-order valence-corrected chi connectivity index (χ1v) is 10.2. The monoisotopic (exact) mass is 390 g/mol. The lowest BCUT2D eigenvalue weighted by atomic mass is 10.2. The number of hydrogen-bond donors (Lipinski definition) is 1. The lowest BCUT2D eigenvalue weighted by Crippen LogP contribution is -2.33. The van der Waals surface area contributed by atoms with Crippen molar-refractivity contribution in [3.63, 3.8) is 0 Å². The molecule has 1 aliphatic rings. The van der Waals surface area contributed by atoms with Crippen LogP contribution in [0.25, 0.3) is 0 Å². The molecule has 1 amide bonds. The van der Waals surface area contributed by atoms with E-state index >= 15 is 0 Å². The molecule has 0 bridgehead atoms. The zero-order valence-electron chi connectivity index (χ0n) is 16.0. The van der Waals surface area contributed by atoms with Gasteiger partial charge in [-0.05, 0) is 31.9 Å². The molecule has 1 heterocycles. The van der Waals surface area contributed by atoms with Crippen LogP contribution in [-0.2, 0) is 11.8 Å². The summed E-state index contributed by atoms with van der Waals surface area (Å²) in [4.78, 5) is 12.1. The second-order valence-electron chi connectivity index (χ2n) is 6.68. The van der Waals surface area contributed by atoms with E-state index < -0.39 is 0 Å². The highest BCUT2D eigenvalue weighted by atomic mass is 32.2. The molecule has 1 fully saturated rings. The second kappa shape index (κ2) is 9.12. The van der Waals surface area contributed by atoms with E-state index in [1.807, 2.05) is 42.8 Å². The average molecular weight is 391 g/mol. The average Bonchev–Trinajstić information content (AvgIpc) is 3.30. The highest BCUT2D eigenvalue weighted by Gasteiger charge is 2.20. The van der Waals surface area contributed by atoms with E-state index in [0.29, 0.717) is 28.5 Å². The standard InChI is InChI=1S/C19H26N4O3S/c1-13(26-16-10-6-9-15(11-16)25-3)18-21-22-19(23(18)2)27-12-17(24)20-14-7-4-5-8-14/h6,9-11,13-14H,4-5,7-8,12H2,1-3H3,(H,20,24). The van der Waals surface area contributed by atoms with Crippen molar-refractivity contribution in [3.8, 4) is 11.5 Å². The Labute approximate surface area is 163 Å². The molecule has 1 unspecified atom stereocenters. The highest BCUT2D eigenvalue weighted by Crippen LogP contribution is 2.26. The van der Waals surface area contributed by atoms with Gasteiger partial charge in [-0.25, -0.2) is 0 Å². The minimum Gasteiger partial charge on any atom is -0.497 e. The highest BCUT2D eigenvalue weighted by molar-refractivity contribution is 7.99. The molecule has 146 valence electrons. The van der Waals surface area contributed by atoms with Crippen LogP contribution in [-0.4, -0.2) is 39.6 Å². The largest absolute Gasteiger partial charge is 0.497 e. The van der Waals surface area contributed by atoms with Crippen molar-refractivity contribution in [2.24, 2.45) is 7.05 Å². The molecule has 3 rings (SSSR count). The molecular weight excluding hydrogens is 364 g/mol. The summed E-state index contributed by atoms with van der Waals surface area (Å²) in [6.07, 6.45) is 4.30. The molecule has 1 saturated carbocycles. The maximum atomic E-state index is 12.1. The van der Waals surface area contributed by atoms with Crippen LogP contribution in [0.5, 0.6) is 11.5 Å². The number of thioether (sulfide) groups is 1. The van der Waals surface area contributed by atoms with E-state index in [2.05, 4.69) is 15.5 Å². The summed E-state index contributed by atoms with van der Waals surface area (Å²) < 4.78 is 13.1. The maximum absolute atomic E-state index is 12.1. The van der Waals surface area contributed by atoms with Crippen LogP contribution in [0.1, 0.15) is 44.5 Å². The number of hydrogen-bond acceptors (Lipinski definition) is 6. The molecule has 27 heavy (non-hydrogen) atoms. The first-order chi connectivity index (χ1) is 13.1. The Morgan fingerprint density at radius 3 is 2.81 bits per heavy atom. The molecule has 1 aromatic carbocycles. The van der Waals surface area contributed by atoms with Crippen LogP contribution in [0.2, 0.25) is 0 Å². The van der Waals surface area contributed by atoms with Crippen molar-refractivity contribution in [3.05, 3.63) is 30.1 Å². The van der Waals surface area contributed by atoms with E-state index in [9.17, 15) is 4.79 Å². The number of nitrogens with one attached hydrogen (secondary N) is 1. The molecule has 0 aliphatic heterocycles. The van der Waals surface area contributed by atoms with Crippen molar-refractivity contribution in [1.82, 2.24) is 20.1 Å². The first kappa shape index (κ1) is 19.5. The predicted octanol–water partition coefficient (Wildman–Crippen LogP) is 3.11. The minimum absolute atomic E-state index is 0.0529. The third-order valence-corrected chi connectivity index (χ3v) is 5.66. The Balaban J connectivity index is 1.56. The fourth-order valence-corrected chi connectivity index (χ4v) is 3.94. The van der Waals surface area contributed by atoms with Crippen LogP contribution >= 0.6 is 11.8 Å². The van der Waals surface area contributed by atoms with Gasteiger partial charge in [0, 0.05) is 19.2 Å². The molecule has 0 spiro atoms. The summed E-state index contributed by atoms with van der Waals surface area (Å²) in [6, 6.07) is 7.78. The Morgan fingerprint density at radius 2 is 2.07 bits per heavy atom. The molecule has 8 heteroatoms. The van der Waals surface area contributed by atoms with E-state index in [4.69, 9.17) is 9.47 Å². The Bertz CT molecular complexity index is 774. The van der Waals surface area contributed by atoms with Gasteiger partial charge in [0.2, 0.25) is 5.91 Å². The van der Waals surface area contributed by atoms with Crippen molar-refractivity contribution in [2.45, 2.75) is 49.9 Å². The number of methoxy groups -OCH3 is 1. The van der Waals surface area contributed by atoms with Gasteiger partial charge in [0.15, 0.2) is 17.1 Å². The number of aromatic nitrogens is 3. The van der Waals surface area contributed by atoms with E-state index in [-0.39, 0.29) is 12.0 Å². The lowest BCUT2D eigenvalue weighted by molar-refractivity contribution is -0.119. The Morgan fingerprint density at radius 1 is 1.33 bits per heavy atom. The smallest absolute Gasteiger partial charge is 0.230 e. The normalized spacial score (nSPS) is 15.5. The number of rotatable bonds is 8. The van der Waals surface area contributed by atoms with Crippen LogP contribution in [0, 0.1) is 0 Å². The zero-order chi connectivity index (χ0) is 19.2. The zero-order valence-corrected chi connectivity index (χ0v) is 16.8. The number of benzene rings is 1. The summed E-state index contributed by atoms with van der Waals surface area (Å²) in [5.41, 5.74) is 0. The number of nitrogens with zero attached hydrogens (tertiary/aromatic N) is 3. The van der Waals surface area contributed by atoms with Crippen LogP contribution in [0.3, 0.4) is 0 Å². The third-order valence-electron chi connectivity index (χ3n) is 4.64. The van der Waals surface area contributed by atoms with Gasteiger partial charge >= 0.3 is 0 Å². The summed E-state index contributed by atoms with van der Waals surface area (Å²) in [5, 5.41) is 12.2. The minimum atomic E-state index is -0.281. The Hall–Kier alpha value is -2.22. The van der Waals surface area contributed by atoms with Gasteiger partial charge in [-0.3, -0.25) is 4.79 Å².